The highest BCUT2D eigenvalue weighted by molar-refractivity contribution is 8.24. The predicted molar refractivity (Wildman–Crippen MR) is 108 cm³/mol. The molecule has 0 bridgehead atoms. The number of carbonyl (C=O) groups is 2. The van der Waals surface area contributed by atoms with Crippen molar-refractivity contribution in [1.82, 2.24) is 15.1 Å². The van der Waals surface area contributed by atoms with Crippen molar-refractivity contribution in [1.29, 1.82) is 0 Å². The highest BCUT2D eigenvalue weighted by Crippen LogP contribution is 2.36. The van der Waals surface area contributed by atoms with E-state index in [0.29, 0.717) is 17.4 Å². The topological polar surface area (TPSA) is 61.9 Å². The molecule has 0 aromatic heterocycles. The second kappa shape index (κ2) is 8.83. The molecule has 0 saturated carbocycles. The average Bonchev–Trinajstić information content (AvgIpc) is 2.56. The fourth-order valence-electron chi connectivity index (χ4n) is 2.50. The van der Waals surface area contributed by atoms with Crippen molar-refractivity contribution in [2.24, 2.45) is 0 Å². The lowest BCUT2D eigenvalue weighted by Crippen LogP contribution is -2.62. The zero-order chi connectivity index (χ0) is 19.3. The maximum atomic E-state index is 12.9. The zero-order valence-corrected chi connectivity index (χ0v) is 17.2. The van der Waals surface area contributed by atoms with E-state index in [1.807, 2.05) is 63.2 Å². The Morgan fingerprint density at radius 3 is 2.62 bits per heavy atom. The monoisotopic (exact) mass is 395 g/mol. The zero-order valence-electron chi connectivity index (χ0n) is 15.5. The van der Waals surface area contributed by atoms with E-state index in [1.54, 1.807) is 4.90 Å². The van der Waals surface area contributed by atoms with Crippen molar-refractivity contribution in [3.8, 4) is 0 Å². The van der Waals surface area contributed by atoms with E-state index in [1.165, 1.54) is 11.8 Å². The van der Waals surface area contributed by atoms with Crippen molar-refractivity contribution in [3.05, 3.63) is 35.9 Å². The first kappa shape index (κ1) is 20.7. The molecule has 1 aromatic carbocycles. The van der Waals surface area contributed by atoms with E-state index in [4.69, 9.17) is 17.0 Å². The molecule has 142 valence electrons. The SMILES string of the molecule is CN(C)CCN1C(=O)C(NC(=O)OCc2ccccc2)C(C)(C)SC1=S. The van der Waals surface area contributed by atoms with Crippen LogP contribution in [0.4, 0.5) is 4.79 Å². The Bertz CT molecular complexity index is 665. The molecule has 6 nitrogen and oxygen atoms in total. The summed E-state index contributed by atoms with van der Waals surface area (Å²) in [4.78, 5) is 28.7. The molecule has 1 aromatic rings. The maximum Gasteiger partial charge on any atom is 0.408 e. The van der Waals surface area contributed by atoms with E-state index in [0.717, 1.165) is 5.56 Å². The fourth-order valence-corrected chi connectivity index (χ4v) is 4.35. The van der Waals surface area contributed by atoms with Gasteiger partial charge in [0.15, 0.2) is 0 Å². The summed E-state index contributed by atoms with van der Waals surface area (Å²) in [5.41, 5.74) is 0.889. The number of hydrogen-bond acceptors (Lipinski definition) is 6. The molecule has 1 heterocycles. The summed E-state index contributed by atoms with van der Waals surface area (Å²) in [5, 5.41) is 2.72. The van der Waals surface area contributed by atoms with Crippen LogP contribution in [-0.2, 0) is 16.1 Å². The van der Waals surface area contributed by atoms with E-state index in [9.17, 15) is 9.59 Å². The number of rotatable bonds is 6. The number of thiocarbonyl (C=S) groups is 1. The molecule has 2 amide bonds. The number of ether oxygens (including phenoxy) is 1. The summed E-state index contributed by atoms with van der Waals surface area (Å²) in [7, 11) is 3.87. The van der Waals surface area contributed by atoms with Gasteiger partial charge in [-0.05, 0) is 33.5 Å². The second-order valence-electron chi connectivity index (χ2n) is 6.90. The van der Waals surface area contributed by atoms with Gasteiger partial charge in [0.2, 0.25) is 0 Å². The van der Waals surface area contributed by atoms with E-state index in [2.05, 4.69) is 5.32 Å². The Hall–Kier alpha value is -1.64. The third kappa shape index (κ3) is 5.43. The Morgan fingerprint density at radius 2 is 2.00 bits per heavy atom. The van der Waals surface area contributed by atoms with Crippen LogP contribution < -0.4 is 5.32 Å². The van der Waals surface area contributed by atoms with Crippen LogP contribution >= 0.6 is 24.0 Å². The summed E-state index contributed by atoms with van der Waals surface area (Å²) in [6, 6.07) is 8.70. The Morgan fingerprint density at radius 1 is 1.35 bits per heavy atom. The van der Waals surface area contributed by atoms with Gasteiger partial charge < -0.3 is 15.0 Å². The molecule has 1 unspecified atom stereocenters. The largest absolute Gasteiger partial charge is 0.445 e. The first-order valence-electron chi connectivity index (χ1n) is 8.37. The lowest BCUT2D eigenvalue weighted by Gasteiger charge is -2.42. The van der Waals surface area contributed by atoms with Crippen molar-refractivity contribution < 1.29 is 14.3 Å². The number of nitrogens with one attached hydrogen (secondary N) is 1. The Kier molecular flexibility index (Phi) is 7.02. The van der Waals surface area contributed by atoms with Crippen LogP contribution in [0.2, 0.25) is 0 Å². The molecule has 0 aliphatic carbocycles. The molecule has 1 N–H and O–H groups in total. The van der Waals surface area contributed by atoms with Crippen LogP contribution in [0, 0.1) is 0 Å². The van der Waals surface area contributed by atoms with Crippen LogP contribution in [-0.4, -0.2) is 64.1 Å². The first-order valence-corrected chi connectivity index (χ1v) is 9.59. The Labute approximate surface area is 164 Å². The van der Waals surface area contributed by atoms with Crippen molar-refractivity contribution in [3.63, 3.8) is 0 Å². The molecule has 1 fully saturated rings. The average molecular weight is 396 g/mol. The van der Waals surface area contributed by atoms with Gasteiger partial charge in [0, 0.05) is 17.8 Å². The predicted octanol–water partition coefficient (Wildman–Crippen LogP) is 2.48. The number of hydrogen-bond donors (Lipinski definition) is 1. The van der Waals surface area contributed by atoms with Gasteiger partial charge in [-0.3, -0.25) is 9.69 Å². The summed E-state index contributed by atoms with van der Waals surface area (Å²) in [5.74, 6) is -0.197. The number of benzene rings is 1. The highest BCUT2D eigenvalue weighted by atomic mass is 32.2. The lowest BCUT2D eigenvalue weighted by atomic mass is 10.0. The minimum atomic E-state index is -0.704. The molecule has 1 saturated heterocycles. The normalized spacial score (nSPS) is 19.6. The van der Waals surface area contributed by atoms with Crippen molar-refractivity contribution in [2.75, 3.05) is 27.2 Å². The fraction of sp³-hybridized carbons (Fsp3) is 0.500. The molecule has 0 spiro atoms. The standard InChI is InChI=1S/C18H25N3O3S2/c1-18(2)14(15(22)21(17(25)26-18)11-10-20(3)4)19-16(23)24-12-13-8-6-5-7-9-13/h5-9,14H,10-12H2,1-4H3,(H,19,23). The minimum Gasteiger partial charge on any atom is -0.445 e. The number of nitrogens with zero attached hydrogens (tertiary/aromatic N) is 2. The molecule has 8 heteroatoms. The van der Waals surface area contributed by atoms with Gasteiger partial charge in [-0.1, -0.05) is 54.3 Å². The van der Waals surface area contributed by atoms with Crippen LogP contribution in [0.25, 0.3) is 0 Å². The molecule has 1 aliphatic rings. The van der Waals surface area contributed by atoms with Gasteiger partial charge in [0.25, 0.3) is 5.91 Å². The number of amides is 2. The van der Waals surface area contributed by atoms with E-state index >= 15 is 0 Å². The van der Waals surface area contributed by atoms with Gasteiger partial charge in [0.05, 0.1) is 0 Å². The number of carbonyl (C=O) groups excluding carboxylic acids is 2. The van der Waals surface area contributed by atoms with E-state index < -0.39 is 16.9 Å². The van der Waals surface area contributed by atoms with Gasteiger partial charge in [-0.25, -0.2) is 4.79 Å². The number of likely N-dealkylation sites (N-methyl/N-ethyl adjacent to an activating group) is 1. The summed E-state index contributed by atoms with van der Waals surface area (Å²) >= 11 is 6.81. The first-order chi connectivity index (χ1) is 12.2. The molecular formula is C18H25N3O3S2. The van der Waals surface area contributed by atoms with Gasteiger partial charge in [-0.2, -0.15) is 0 Å². The Balaban J connectivity index is 2.01. The van der Waals surface area contributed by atoms with Gasteiger partial charge in [-0.15, -0.1) is 0 Å². The quantitative estimate of drug-likeness (QED) is 0.747. The number of thioether (sulfide) groups is 1. The highest BCUT2D eigenvalue weighted by Gasteiger charge is 2.46. The molecule has 26 heavy (non-hydrogen) atoms. The minimum absolute atomic E-state index is 0.157. The van der Waals surface area contributed by atoms with E-state index in [-0.39, 0.29) is 12.5 Å². The molecule has 1 aliphatic heterocycles. The van der Waals surface area contributed by atoms with Gasteiger partial charge >= 0.3 is 6.09 Å². The molecule has 2 rings (SSSR count). The summed E-state index contributed by atoms with van der Waals surface area (Å²) < 4.78 is 5.25. The molecule has 1 atom stereocenters. The van der Waals surface area contributed by atoms with Crippen molar-refractivity contribution in [2.45, 2.75) is 31.2 Å². The molecular weight excluding hydrogens is 370 g/mol. The van der Waals surface area contributed by atoms with Crippen LogP contribution in [0.5, 0.6) is 0 Å². The smallest absolute Gasteiger partial charge is 0.408 e. The lowest BCUT2D eigenvalue weighted by molar-refractivity contribution is -0.130. The second-order valence-corrected chi connectivity index (χ2v) is 9.19. The van der Waals surface area contributed by atoms with Gasteiger partial charge in [0.1, 0.15) is 17.0 Å². The van der Waals surface area contributed by atoms with Crippen LogP contribution in [0.3, 0.4) is 0 Å². The third-order valence-corrected chi connectivity index (χ3v) is 5.65. The van der Waals surface area contributed by atoms with Crippen molar-refractivity contribution >= 4 is 40.3 Å². The third-order valence-electron chi connectivity index (χ3n) is 4.02. The number of alkyl carbamates (subject to hydrolysis) is 1. The maximum absolute atomic E-state index is 12.9. The summed E-state index contributed by atoms with van der Waals surface area (Å²) in [6.07, 6.45) is -0.610. The van der Waals surface area contributed by atoms with Crippen LogP contribution in [0.15, 0.2) is 30.3 Å². The summed E-state index contributed by atoms with van der Waals surface area (Å²) in [6.45, 7) is 5.13. The molecule has 0 radical (unpaired) electrons. The van der Waals surface area contributed by atoms with Crippen LogP contribution in [0.1, 0.15) is 19.4 Å².